The lowest BCUT2D eigenvalue weighted by atomic mass is 9.68. The van der Waals surface area contributed by atoms with Crippen LogP contribution in [0, 0.1) is 0 Å². The SMILES string of the molecule is CC1=C(C)C2c3cccc4cccc(c34)C12. The number of rotatable bonds is 0. The second kappa shape index (κ2) is 2.57. The summed E-state index contributed by atoms with van der Waals surface area (Å²) in [5, 5.41) is 2.93. The van der Waals surface area contributed by atoms with Gasteiger partial charge in [0.05, 0.1) is 0 Å². The van der Waals surface area contributed by atoms with Crippen LogP contribution >= 0.6 is 0 Å². The number of fused-ring (bicyclic) bond motifs is 3. The molecule has 0 radical (unpaired) electrons. The Bertz CT molecular complexity index is 593. The standard InChI is InChI=1S/C16H14/c1-9-10(2)15-13-8-4-6-11-5-3-7-12(14(9)15)16(11)13/h3-8,14-15H,1-2H3. The Morgan fingerprint density at radius 1 is 0.750 bits per heavy atom. The minimum atomic E-state index is 0.682. The van der Waals surface area contributed by atoms with Crippen LogP contribution in [0.4, 0.5) is 0 Å². The van der Waals surface area contributed by atoms with Crippen LogP contribution in [0.15, 0.2) is 47.5 Å². The molecule has 0 heterocycles. The highest BCUT2D eigenvalue weighted by molar-refractivity contribution is 5.94. The Morgan fingerprint density at radius 3 is 1.75 bits per heavy atom. The van der Waals surface area contributed by atoms with Crippen molar-refractivity contribution in [3.63, 3.8) is 0 Å². The van der Waals surface area contributed by atoms with E-state index in [1.54, 1.807) is 22.3 Å². The van der Waals surface area contributed by atoms with Gasteiger partial charge in [-0.2, -0.15) is 0 Å². The monoisotopic (exact) mass is 206 g/mol. The van der Waals surface area contributed by atoms with Gasteiger partial charge < -0.3 is 0 Å². The van der Waals surface area contributed by atoms with Gasteiger partial charge in [-0.25, -0.2) is 0 Å². The van der Waals surface area contributed by atoms with Crippen LogP contribution in [0.3, 0.4) is 0 Å². The van der Waals surface area contributed by atoms with Gasteiger partial charge in [0.2, 0.25) is 0 Å². The quantitative estimate of drug-likeness (QED) is 0.561. The topological polar surface area (TPSA) is 0 Å². The fraction of sp³-hybridized carbons (Fsp3) is 0.250. The third kappa shape index (κ3) is 0.755. The zero-order valence-electron chi connectivity index (χ0n) is 9.62. The van der Waals surface area contributed by atoms with Crippen molar-refractivity contribution in [3.8, 4) is 0 Å². The lowest BCUT2D eigenvalue weighted by molar-refractivity contribution is 0.606. The van der Waals surface area contributed by atoms with Gasteiger partial charge in [-0.1, -0.05) is 47.5 Å². The normalized spacial score (nSPS) is 25.9. The van der Waals surface area contributed by atoms with E-state index in [4.69, 9.17) is 0 Å². The maximum Gasteiger partial charge on any atom is 0.0161 e. The summed E-state index contributed by atoms with van der Waals surface area (Å²) in [5.74, 6) is 1.36. The fourth-order valence-corrected chi connectivity index (χ4v) is 3.64. The van der Waals surface area contributed by atoms with Crippen molar-refractivity contribution < 1.29 is 0 Å². The van der Waals surface area contributed by atoms with E-state index in [2.05, 4.69) is 50.2 Å². The molecule has 4 rings (SSSR count). The average Bonchev–Trinajstić information content (AvgIpc) is 2.63. The van der Waals surface area contributed by atoms with Crippen molar-refractivity contribution in [2.45, 2.75) is 25.7 Å². The summed E-state index contributed by atoms with van der Waals surface area (Å²) in [6.07, 6.45) is 0. The second-order valence-corrected chi connectivity index (χ2v) is 5.11. The number of benzene rings is 2. The molecule has 0 amide bonds. The molecule has 2 aliphatic rings. The third-order valence-electron chi connectivity index (χ3n) is 4.53. The van der Waals surface area contributed by atoms with Crippen molar-refractivity contribution in [2.24, 2.45) is 0 Å². The van der Waals surface area contributed by atoms with Crippen molar-refractivity contribution >= 4 is 10.8 Å². The Hall–Kier alpha value is -1.56. The maximum absolute atomic E-state index is 2.31. The third-order valence-corrected chi connectivity index (χ3v) is 4.53. The molecule has 0 bridgehead atoms. The van der Waals surface area contributed by atoms with E-state index >= 15 is 0 Å². The van der Waals surface area contributed by atoms with E-state index in [-0.39, 0.29) is 0 Å². The Kier molecular flexibility index (Phi) is 1.38. The molecule has 0 aliphatic heterocycles. The number of hydrogen-bond acceptors (Lipinski definition) is 0. The van der Waals surface area contributed by atoms with Gasteiger partial charge in [0, 0.05) is 11.8 Å². The zero-order chi connectivity index (χ0) is 10.9. The predicted molar refractivity (Wildman–Crippen MR) is 67.8 cm³/mol. The van der Waals surface area contributed by atoms with E-state index in [1.807, 2.05) is 0 Å². The minimum absolute atomic E-state index is 0.682. The molecule has 16 heavy (non-hydrogen) atoms. The van der Waals surface area contributed by atoms with Crippen molar-refractivity contribution in [1.82, 2.24) is 0 Å². The second-order valence-electron chi connectivity index (χ2n) is 5.11. The molecule has 78 valence electrons. The molecule has 0 spiro atoms. The first kappa shape index (κ1) is 8.58. The molecule has 2 aromatic rings. The van der Waals surface area contributed by atoms with Gasteiger partial charge in [0.15, 0.2) is 0 Å². The van der Waals surface area contributed by atoms with E-state index in [0.717, 1.165) is 0 Å². The van der Waals surface area contributed by atoms with Crippen molar-refractivity contribution in [2.75, 3.05) is 0 Å². The lowest BCUT2D eigenvalue weighted by Gasteiger charge is -2.35. The summed E-state index contributed by atoms with van der Waals surface area (Å²) in [6, 6.07) is 13.5. The highest BCUT2D eigenvalue weighted by Gasteiger charge is 2.43. The summed E-state index contributed by atoms with van der Waals surface area (Å²) in [4.78, 5) is 0. The maximum atomic E-state index is 2.31. The van der Waals surface area contributed by atoms with E-state index < -0.39 is 0 Å². The summed E-state index contributed by atoms with van der Waals surface area (Å²) in [7, 11) is 0. The molecular formula is C16H14. The largest absolute Gasteiger partial charge is 0.0653 e. The first-order valence-electron chi connectivity index (χ1n) is 5.98. The molecule has 0 heteroatoms. The van der Waals surface area contributed by atoms with Crippen LogP contribution in [-0.4, -0.2) is 0 Å². The Balaban J connectivity index is 2.16. The number of allylic oxidation sites excluding steroid dienone is 2. The summed E-state index contributed by atoms with van der Waals surface area (Å²) in [5.41, 5.74) is 6.30. The van der Waals surface area contributed by atoms with Gasteiger partial charge in [0.1, 0.15) is 0 Å². The fourth-order valence-electron chi connectivity index (χ4n) is 3.64. The van der Waals surface area contributed by atoms with E-state index in [1.165, 1.54) is 10.8 Å². The van der Waals surface area contributed by atoms with Crippen molar-refractivity contribution in [1.29, 1.82) is 0 Å². The smallest absolute Gasteiger partial charge is 0.0161 e. The molecule has 0 N–H and O–H groups in total. The molecule has 0 saturated heterocycles. The van der Waals surface area contributed by atoms with Crippen LogP contribution in [-0.2, 0) is 0 Å². The van der Waals surface area contributed by atoms with Gasteiger partial charge in [-0.15, -0.1) is 0 Å². The molecule has 2 atom stereocenters. The highest BCUT2D eigenvalue weighted by atomic mass is 14.5. The first-order valence-corrected chi connectivity index (χ1v) is 5.98. The Morgan fingerprint density at radius 2 is 1.25 bits per heavy atom. The van der Waals surface area contributed by atoms with Gasteiger partial charge in [-0.3, -0.25) is 0 Å². The van der Waals surface area contributed by atoms with Gasteiger partial charge in [-0.05, 0) is 35.7 Å². The molecule has 2 aliphatic carbocycles. The zero-order valence-corrected chi connectivity index (χ0v) is 9.62. The Labute approximate surface area is 95.6 Å². The van der Waals surface area contributed by atoms with E-state index in [9.17, 15) is 0 Å². The molecular weight excluding hydrogens is 192 g/mol. The number of hydrogen-bond donors (Lipinski definition) is 0. The van der Waals surface area contributed by atoms with Crippen molar-refractivity contribution in [3.05, 3.63) is 58.7 Å². The predicted octanol–water partition coefficient (Wildman–Crippen LogP) is 4.37. The molecule has 0 aromatic heterocycles. The van der Waals surface area contributed by atoms with Crippen LogP contribution in [0.5, 0.6) is 0 Å². The highest BCUT2D eigenvalue weighted by Crippen LogP contribution is 2.60. The van der Waals surface area contributed by atoms with Crippen LogP contribution < -0.4 is 0 Å². The molecule has 2 aromatic carbocycles. The van der Waals surface area contributed by atoms with Crippen LogP contribution in [0.25, 0.3) is 10.8 Å². The molecule has 0 fully saturated rings. The average molecular weight is 206 g/mol. The lowest BCUT2D eigenvalue weighted by Crippen LogP contribution is -2.20. The molecule has 0 nitrogen and oxygen atoms in total. The minimum Gasteiger partial charge on any atom is -0.0653 e. The summed E-state index contributed by atoms with van der Waals surface area (Å²) < 4.78 is 0. The van der Waals surface area contributed by atoms with Gasteiger partial charge in [0.25, 0.3) is 0 Å². The van der Waals surface area contributed by atoms with Crippen LogP contribution in [0.1, 0.15) is 36.8 Å². The molecule has 2 unspecified atom stereocenters. The van der Waals surface area contributed by atoms with Gasteiger partial charge >= 0.3 is 0 Å². The van der Waals surface area contributed by atoms with Crippen LogP contribution in [0.2, 0.25) is 0 Å². The summed E-state index contributed by atoms with van der Waals surface area (Å²) >= 11 is 0. The summed E-state index contributed by atoms with van der Waals surface area (Å²) in [6.45, 7) is 4.59. The van der Waals surface area contributed by atoms with E-state index in [0.29, 0.717) is 11.8 Å². The molecule has 0 saturated carbocycles. The first-order chi connectivity index (χ1) is 7.79.